The van der Waals surface area contributed by atoms with Gasteiger partial charge in [-0.25, -0.2) is 0 Å². The second-order valence-corrected chi connectivity index (χ2v) is 2.82. The third kappa shape index (κ3) is 1.66. The van der Waals surface area contributed by atoms with Crippen LogP contribution in [-0.2, 0) is 0 Å². The first-order valence-corrected chi connectivity index (χ1v) is 3.78. The smallest absolute Gasteiger partial charge is 0.0107 e. The third-order valence-corrected chi connectivity index (χ3v) is 2.11. The van der Waals surface area contributed by atoms with Crippen LogP contribution in [0.1, 0.15) is 19.8 Å². The average Bonchev–Trinajstić information content (AvgIpc) is 2.18. The fourth-order valence-electron chi connectivity index (χ4n) is 1.49. The Bertz CT molecular complexity index is 83.0. The molecule has 0 saturated carbocycles. The lowest BCUT2D eigenvalue weighted by Crippen LogP contribution is -2.31. The van der Waals surface area contributed by atoms with Gasteiger partial charge in [0.25, 0.3) is 0 Å². The molecule has 0 aromatic rings. The first-order valence-electron chi connectivity index (χ1n) is 3.78. The van der Waals surface area contributed by atoms with E-state index in [0.717, 1.165) is 19.1 Å². The van der Waals surface area contributed by atoms with Gasteiger partial charge >= 0.3 is 0 Å². The molecule has 1 saturated heterocycles. The molecule has 0 aliphatic carbocycles. The van der Waals surface area contributed by atoms with Crippen LogP contribution in [0.15, 0.2) is 0 Å². The number of likely N-dealkylation sites (tertiary alicyclic amines) is 1. The van der Waals surface area contributed by atoms with Crippen LogP contribution in [0.25, 0.3) is 0 Å². The SMILES string of the molecule is CC1CCCN1CCN. The van der Waals surface area contributed by atoms with Crippen LogP contribution in [0.4, 0.5) is 0 Å². The van der Waals surface area contributed by atoms with Gasteiger partial charge < -0.3 is 5.73 Å². The number of rotatable bonds is 2. The fraction of sp³-hybridized carbons (Fsp3) is 1.00. The topological polar surface area (TPSA) is 29.3 Å². The maximum absolute atomic E-state index is 5.43. The Hall–Kier alpha value is -0.0800. The van der Waals surface area contributed by atoms with Crippen molar-refractivity contribution in [1.29, 1.82) is 0 Å². The van der Waals surface area contributed by atoms with Crippen LogP contribution >= 0.6 is 0 Å². The zero-order chi connectivity index (χ0) is 6.69. The minimum absolute atomic E-state index is 0.786. The summed E-state index contributed by atoms with van der Waals surface area (Å²) in [5.74, 6) is 0. The summed E-state index contributed by atoms with van der Waals surface area (Å²) in [6, 6.07) is 0.786. The Morgan fingerprint density at radius 2 is 2.44 bits per heavy atom. The van der Waals surface area contributed by atoms with Gasteiger partial charge in [0.05, 0.1) is 0 Å². The molecular weight excluding hydrogens is 112 g/mol. The Labute approximate surface area is 57.0 Å². The van der Waals surface area contributed by atoms with Crippen LogP contribution in [0.2, 0.25) is 0 Å². The van der Waals surface area contributed by atoms with Crippen molar-refractivity contribution < 1.29 is 0 Å². The summed E-state index contributed by atoms with van der Waals surface area (Å²) in [7, 11) is 0. The quantitative estimate of drug-likeness (QED) is 0.584. The molecule has 1 atom stereocenters. The Kier molecular flexibility index (Phi) is 2.49. The summed E-state index contributed by atoms with van der Waals surface area (Å²) in [6.45, 7) is 5.44. The average molecular weight is 128 g/mol. The number of hydrogen-bond donors (Lipinski definition) is 1. The largest absolute Gasteiger partial charge is 0.329 e. The van der Waals surface area contributed by atoms with E-state index in [1.165, 1.54) is 19.4 Å². The van der Waals surface area contributed by atoms with E-state index in [1.54, 1.807) is 0 Å². The van der Waals surface area contributed by atoms with E-state index in [4.69, 9.17) is 5.73 Å². The number of nitrogens with zero attached hydrogens (tertiary/aromatic N) is 1. The second-order valence-electron chi connectivity index (χ2n) is 2.82. The first kappa shape index (κ1) is 7.03. The van der Waals surface area contributed by atoms with E-state index in [-0.39, 0.29) is 0 Å². The highest BCUT2D eigenvalue weighted by molar-refractivity contribution is 4.74. The van der Waals surface area contributed by atoms with Gasteiger partial charge in [-0.3, -0.25) is 4.90 Å². The van der Waals surface area contributed by atoms with Crippen molar-refractivity contribution in [2.45, 2.75) is 25.8 Å². The molecule has 1 fully saturated rings. The summed E-state index contributed by atoms with van der Waals surface area (Å²) >= 11 is 0. The molecule has 0 aromatic carbocycles. The zero-order valence-electron chi connectivity index (χ0n) is 6.14. The summed E-state index contributed by atoms with van der Waals surface area (Å²) in [4.78, 5) is 2.46. The maximum Gasteiger partial charge on any atom is 0.0107 e. The van der Waals surface area contributed by atoms with Crippen molar-refractivity contribution in [2.24, 2.45) is 5.73 Å². The normalized spacial score (nSPS) is 29.3. The number of nitrogens with two attached hydrogens (primary N) is 1. The Morgan fingerprint density at radius 1 is 1.67 bits per heavy atom. The molecule has 0 spiro atoms. The van der Waals surface area contributed by atoms with E-state index >= 15 is 0 Å². The standard InChI is InChI=1S/C7H16N2/c1-7-3-2-5-9(7)6-4-8/h7H,2-6,8H2,1H3. The molecule has 2 nitrogen and oxygen atoms in total. The highest BCUT2D eigenvalue weighted by Gasteiger charge is 2.18. The lowest BCUT2D eigenvalue weighted by Gasteiger charge is -2.19. The zero-order valence-corrected chi connectivity index (χ0v) is 6.14. The molecule has 9 heavy (non-hydrogen) atoms. The van der Waals surface area contributed by atoms with Gasteiger partial charge in [-0.1, -0.05) is 0 Å². The fourth-order valence-corrected chi connectivity index (χ4v) is 1.49. The molecule has 0 bridgehead atoms. The van der Waals surface area contributed by atoms with E-state index in [0.29, 0.717) is 0 Å². The van der Waals surface area contributed by atoms with E-state index in [9.17, 15) is 0 Å². The van der Waals surface area contributed by atoms with Gasteiger partial charge in [-0.15, -0.1) is 0 Å². The van der Waals surface area contributed by atoms with Gasteiger partial charge in [0.2, 0.25) is 0 Å². The predicted molar refractivity (Wildman–Crippen MR) is 39.3 cm³/mol. The molecule has 54 valence electrons. The molecule has 0 aromatic heterocycles. The summed E-state index contributed by atoms with van der Waals surface area (Å²) in [6.07, 6.45) is 2.72. The molecule has 0 amide bonds. The second kappa shape index (κ2) is 3.18. The first-order chi connectivity index (χ1) is 4.34. The molecule has 2 heteroatoms. The van der Waals surface area contributed by atoms with Crippen molar-refractivity contribution in [3.8, 4) is 0 Å². The van der Waals surface area contributed by atoms with Crippen molar-refractivity contribution in [3.05, 3.63) is 0 Å². The highest BCUT2D eigenvalue weighted by atomic mass is 15.2. The van der Waals surface area contributed by atoms with E-state index < -0.39 is 0 Å². The highest BCUT2D eigenvalue weighted by Crippen LogP contribution is 2.14. The van der Waals surface area contributed by atoms with Crippen molar-refractivity contribution in [3.63, 3.8) is 0 Å². The summed E-state index contributed by atoms with van der Waals surface area (Å²) in [5, 5.41) is 0. The molecule has 1 rings (SSSR count). The minimum atomic E-state index is 0.786. The van der Waals surface area contributed by atoms with Crippen LogP contribution in [-0.4, -0.2) is 30.6 Å². The van der Waals surface area contributed by atoms with Crippen molar-refractivity contribution in [2.75, 3.05) is 19.6 Å². The molecule has 1 aliphatic rings. The van der Waals surface area contributed by atoms with Crippen molar-refractivity contribution in [1.82, 2.24) is 4.90 Å². The predicted octanol–water partition coefficient (Wildman–Crippen LogP) is 0.429. The van der Waals surface area contributed by atoms with Crippen LogP contribution < -0.4 is 5.73 Å². The van der Waals surface area contributed by atoms with Crippen molar-refractivity contribution >= 4 is 0 Å². The molecule has 1 aliphatic heterocycles. The molecule has 1 heterocycles. The molecular formula is C7H16N2. The van der Waals surface area contributed by atoms with Gasteiger partial charge in [0, 0.05) is 19.1 Å². The van der Waals surface area contributed by atoms with Gasteiger partial charge in [-0.05, 0) is 26.3 Å². The lowest BCUT2D eigenvalue weighted by molar-refractivity contribution is 0.276. The maximum atomic E-state index is 5.43. The molecule has 2 N–H and O–H groups in total. The monoisotopic (exact) mass is 128 g/mol. The number of hydrogen-bond acceptors (Lipinski definition) is 2. The van der Waals surface area contributed by atoms with E-state index in [1.807, 2.05) is 0 Å². The van der Waals surface area contributed by atoms with Gasteiger partial charge in [0.1, 0.15) is 0 Å². The summed E-state index contributed by atoms with van der Waals surface area (Å²) in [5.41, 5.74) is 5.43. The molecule has 0 radical (unpaired) electrons. The van der Waals surface area contributed by atoms with Gasteiger partial charge in [-0.2, -0.15) is 0 Å². The third-order valence-electron chi connectivity index (χ3n) is 2.11. The Balaban J connectivity index is 2.22. The van der Waals surface area contributed by atoms with Crippen LogP contribution in [0, 0.1) is 0 Å². The van der Waals surface area contributed by atoms with Crippen LogP contribution in [0.3, 0.4) is 0 Å². The van der Waals surface area contributed by atoms with E-state index in [2.05, 4.69) is 11.8 Å². The van der Waals surface area contributed by atoms with Crippen LogP contribution in [0.5, 0.6) is 0 Å². The van der Waals surface area contributed by atoms with Gasteiger partial charge in [0.15, 0.2) is 0 Å². The summed E-state index contributed by atoms with van der Waals surface area (Å²) < 4.78 is 0. The Morgan fingerprint density at radius 3 is 2.89 bits per heavy atom. The lowest BCUT2D eigenvalue weighted by atomic mass is 10.2. The molecule has 1 unspecified atom stereocenters. The minimum Gasteiger partial charge on any atom is -0.329 e.